The summed E-state index contributed by atoms with van der Waals surface area (Å²) >= 11 is 0. The first kappa shape index (κ1) is 17.7. The minimum Gasteiger partial charge on any atom is -0.454 e. The molecule has 27 heavy (non-hydrogen) atoms. The van der Waals surface area contributed by atoms with Crippen molar-refractivity contribution < 1.29 is 14.3 Å². The van der Waals surface area contributed by atoms with Crippen molar-refractivity contribution in [2.75, 3.05) is 19.9 Å². The van der Waals surface area contributed by atoms with Crippen molar-refractivity contribution in [3.63, 3.8) is 0 Å². The molecule has 1 N–H and O–H groups in total. The number of benzene rings is 1. The lowest BCUT2D eigenvalue weighted by Crippen LogP contribution is -2.30. The van der Waals surface area contributed by atoms with Crippen LogP contribution in [0.2, 0.25) is 0 Å². The van der Waals surface area contributed by atoms with Gasteiger partial charge >= 0.3 is 0 Å². The highest BCUT2D eigenvalue weighted by Crippen LogP contribution is 2.32. The van der Waals surface area contributed by atoms with Gasteiger partial charge in [-0.15, -0.1) is 5.10 Å². The summed E-state index contributed by atoms with van der Waals surface area (Å²) in [6.45, 7) is 3.57. The van der Waals surface area contributed by atoms with Crippen LogP contribution in [0.4, 0.5) is 0 Å². The van der Waals surface area contributed by atoms with Crippen molar-refractivity contribution in [2.45, 2.75) is 45.3 Å². The number of nitrogens with zero attached hydrogens (tertiary/aromatic N) is 5. The maximum atomic E-state index is 12.3. The Balaban J connectivity index is 1.30. The average molecular weight is 372 g/mol. The Bertz CT molecular complexity index is 785. The first-order valence-corrected chi connectivity index (χ1v) is 9.40. The van der Waals surface area contributed by atoms with Crippen molar-refractivity contribution in [3.8, 4) is 11.5 Å². The summed E-state index contributed by atoms with van der Waals surface area (Å²) < 4.78 is 12.2. The fourth-order valence-electron chi connectivity index (χ4n) is 3.40. The Kier molecular flexibility index (Phi) is 5.47. The van der Waals surface area contributed by atoms with Gasteiger partial charge in [0.1, 0.15) is 6.54 Å². The lowest BCUT2D eigenvalue weighted by molar-refractivity contribution is -0.122. The number of hydrogen-bond donors (Lipinski definition) is 1. The molecule has 0 radical (unpaired) electrons. The van der Waals surface area contributed by atoms with Gasteiger partial charge < -0.3 is 14.8 Å². The molecule has 1 saturated heterocycles. The molecular weight excluding hydrogens is 348 g/mol. The molecule has 0 atom stereocenters. The zero-order chi connectivity index (χ0) is 18.5. The average Bonchev–Trinajstić information content (AvgIpc) is 3.23. The first-order valence-electron chi connectivity index (χ1n) is 9.40. The Morgan fingerprint density at radius 2 is 1.93 bits per heavy atom. The number of likely N-dealkylation sites (tertiary alicyclic amines) is 1. The van der Waals surface area contributed by atoms with Crippen LogP contribution >= 0.6 is 0 Å². The van der Waals surface area contributed by atoms with E-state index in [1.807, 2.05) is 18.2 Å². The Labute approximate surface area is 157 Å². The first-order chi connectivity index (χ1) is 13.3. The van der Waals surface area contributed by atoms with E-state index in [0.717, 1.165) is 30.2 Å². The Morgan fingerprint density at radius 3 is 2.78 bits per heavy atom. The number of carbonyl (C=O) groups excluding carboxylic acids is 1. The third kappa shape index (κ3) is 4.54. The molecule has 144 valence electrons. The summed E-state index contributed by atoms with van der Waals surface area (Å²) in [5.74, 6) is 2.05. The molecule has 3 heterocycles. The number of aromatic nitrogens is 4. The molecule has 0 unspecified atom stereocenters. The minimum absolute atomic E-state index is 0.112. The molecule has 9 nitrogen and oxygen atoms in total. The van der Waals surface area contributed by atoms with Crippen LogP contribution in [0.3, 0.4) is 0 Å². The molecule has 1 aromatic heterocycles. The number of nitrogens with one attached hydrogen (secondary N) is 1. The monoisotopic (exact) mass is 372 g/mol. The van der Waals surface area contributed by atoms with Crippen LogP contribution in [-0.4, -0.2) is 50.9 Å². The molecule has 0 aliphatic carbocycles. The van der Waals surface area contributed by atoms with Gasteiger partial charge in [-0.3, -0.25) is 9.69 Å². The predicted molar refractivity (Wildman–Crippen MR) is 96.0 cm³/mol. The van der Waals surface area contributed by atoms with Crippen molar-refractivity contribution in [2.24, 2.45) is 0 Å². The summed E-state index contributed by atoms with van der Waals surface area (Å²) in [4.78, 5) is 14.7. The van der Waals surface area contributed by atoms with E-state index < -0.39 is 0 Å². The molecule has 1 aromatic carbocycles. The van der Waals surface area contributed by atoms with E-state index in [9.17, 15) is 4.79 Å². The van der Waals surface area contributed by atoms with Gasteiger partial charge in [0.25, 0.3) is 0 Å². The van der Waals surface area contributed by atoms with E-state index in [0.29, 0.717) is 18.8 Å². The van der Waals surface area contributed by atoms with Crippen LogP contribution in [0.15, 0.2) is 18.2 Å². The largest absolute Gasteiger partial charge is 0.454 e. The van der Waals surface area contributed by atoms with E-state index in [2.05, 4.69) is 25.7 Å². The number of hydrogen-bond acceptors (Lipinski definition) is 7. The smallest absolute Gasteiger partial charge is 0.242 e. The van der Waals surface area contributed by atoms with Crippen LogP contribution in [0, 0.1) is 0 Å². The molecule has 0 spiro atoms. The van der Waals surface area contributed by atoms with Crippen LogP contribution in [0.25, 0.3) is 0 Å². The third-order valence-electron chi connectivity index (χ3n) is 4.89. The van der Waals surface area contributed by atoms with Crippen molar-refractivity contribution in [3.05, 3.63) is 29.6 Å². The maximum Gasteiger partial charge on any atom is 0.242 e. The highest BCUT2D eigenvalue weighted by atomic mass is 16.7. The number of carbonyl (C=O) groups is 1. The van der Waals surface area contributed by atoms with Crippen molar-refractivity contribution in [1.29, 1.82) is 0 Å². The number of fused-ring (bicyclic) bond motifs is 1. The third-order valence-corrected chi connectivity index (χ3v) is 4.89. The molecular formula is C18H24N6O3. The standard InChI is InChI=1S/C18H24N6O3/c25-18(19-10-14-5-6-15-16(9-14)27-13-26-15)12-24-17(20-21-22-24)11-23-7-3-1-2-4-8-23/h5-6,9H,1-4,7-8,10-13H2,(H,19,25). The number of rotatable bonds is 6. The lowest BCUT2D eigenvalue weighted by Gasteiger charge is -2.18. The molecule has 2 aliphatic heterocycles. The van der Waals surface area contributed by atoms with Crippen molar-refractivity contribution >= 4 is 5.91 Å². The molecule has 2 aliphatic rings. The Hall–Kier alpha value is -2.68. The topological polar surface area (TPSA) is 94.4 Å². The SMILES string of the molecule is O=C(Cn1nnnc1CN1CCCCCC1)NCc1ccc2c(c1)OCO2. The van der Waals surface area contributed by atoms with Crippen LogP contribution in [0.1, 0.15) is 37.1 Å². The highest BCUT2D eigenvalue weighted by Gasteiger charge is 2.16. The van der Waals surface area contributed by atoms with Gasteiger partial charge in [0.15, 0.2) is 17.3 Å². The normalized spacial score (nSPS) is 16.9. The zero-order valence-electron chi connectivity index (χ0n) is 15.3. The second kappa shape index (κ2) is 8.34. The summed E-state index contributed by atoms with van der Waals surface area (Å²) in [6.07, 6.45) is 4.97. The molecule has 2 aromatic rings. The minimum atomic E-state index is -0.128. The van der Waals surface area contributed by atoms with Gasteiger partial charge in [-0.05, 0) is 54.1 Å². The summed E-state index contributed by atoms with van der Waals surface area (Å²) in [5, 5.41) is 14.7. The summed E-state index contributed by atoms with van der Waals surface area (Å²) in [5.41, 5.74) is 0.953. The number of ether oxygens (including phenoxy) is 2. The molecule has 1 fully saturated rings. The van der Waals surface area contributed by atoms with E-state index in [1.54, 1.807) is 4.68 Å². The maximum absolute atomic E-state index is 12.3. The van der Waals surface area contributed by atoms with Gasteiger partial charge in [-0.1, -0.05) is 18.9 Å². The quantitative estimate of drug-likeness (QED) is 0.811. The Morgan fingerprint density at radius 1 is 1.11 bits per heavy atom. The van der Waals surface area contributed by atoms with Gasteiger partial charge in [0.2, 0.25) is 12.7 Å². The summed E-state index contributed by atoms with van der Waals surface area (Å²) in [7, 11) is 0. The van der Waals surface area contributed by atoms with Crippen LogP contribution in [-0.2, 0) is 24.4 Å². The second-order valence-electron chi connectivity index (χ2n) is 6.91. The van der Waals surface area contributed by atoms with E-state index >= 15 is 0 Å². The number of amides is 1. The van der Waals surface area contributed by atoms with E-state index in [4.69, 9.17) is 9.47 Å². The predicted octanol–water partition coefficient (Wildman–Crippen LogP) is 1.09. The molecule has 1 amide bonds. The van der Waals surface area contributed by atoms with E-state index in [-0.39, 0.29) is 19.2 Å². The van der Waals surface area contributed by atoms with Gasteiger partial charge in [-0.2, -0.15) is 0 Å². The molecule has 4 rings (SSSR count). The number of tetrazole rings is 1. The lowest BCUT2D eigenvalue weighted by atomic mass is 10.2. The van der Waals surface area contributed by atoms with Crippen LogP contribution < -0.4 is 14.8 Å². The highest BCUT2D eigenvalue weighted by molar-refractivity contribution is 5.75. The molecule has 0 bridgehead atoms. The van der Waals surface area contributed by atoms with E-state index in [1.165, 1.54) is 25.7 Å². The second-order valence-corrected chi connectivity index (χ2v) is 6.91. The van der Waals surface area contributed by atoms with Gasteiger partial charge in [0, 0.05) is 6.54 Å². The van der Waals surface area contributed by atoms with Crippen LogP contribution in [0.5, 0.6) is 11.5 Å². The van der Waals surface area contributed by atoms with Gasteiger partial charge in [-0.25, -0.2) is 4.68 Å². The zero-order valence-corrected chi connectivity index (χ0v) is 15.3. The van der Waals surface area contributed by atoms with Gasteiger partial charge in [0.05, 0.1) is 6.54 Å². The molecule has 0 saturated carbocycles. The van der Waals surface area contributed by atoms with Crippen molar-refractivity contribution in [1.82, 2.24) is 30.4 Å². The molecule has 9 heteroatoms. The summed E-state index contributed by atoms with van der Waals surface area (Å²) in [6, 6.07) is 5.64. The fourth-order valence-corrected chi connectivity index (χ4v) is 3.40. The fraction of sp³-hybridized carbons (Fsp3) is 0.556.